The van der Waals surface area contributed by atoms with Gasteiger partial charge in [0.15, 0.2) is 0 Å². The third-order valence-electron chi connectivity index (χ3n) is 5.95. The predicted molar refractivity (Wildman–Crippen MR) is 125 cm³/mol. The number of amides is 1. The molecule has 1 amide bonds. The minimum absolute atomic E-state index is 0.148. The lowest BCUT2D eigenvalue weighted by Crippen LogP contribution is -2.51. The van der Waals surface area contributed by atoms with Crippen LogP contribution in [0.1, 0.15) is 37.8 Å². The van der Waals surface area contributed by atoms with E-state index in [0.717, 1.165) is 23.4 Å². The molecule has 1 aliphatic rings. The molecule has 0 saturated carbocycles. The molecule has 0 unspecified atom stereocenters. The second kappa shape index (κ2) is 10.5. The first-order valence-corrected chi connectivity index (χ1v) is 12.6. The van der Waals surface area contributed by atoms with Crippen LogP contribution in [0.2, 0.25) is 0 Å². The van der Waals surface area contributed by atoms with Crippen molar-refractivity contribution in [3.63, 3.8) is 0 Å². The number of nitrogens with zero attached hydrogens (tertiary/aromatic N) is 2. The van der Waals surface area contributed by atoms with Crippen molar-refractivity contribution in [2.75, 3.05) is 25.0 Å². The number of anilines is 1. The molecule has 186 valence electrons. The molecule has 1 heterocycles. The first-order chi connectivity index (χ1) is 15.9. The smallest absolute Gasteiger partial charge is 0.325 e. The highest BCUT2D eigenvalue weighted by molar-refractivity contribution is 7.89. The van der Waals surface area contributed by atoms with Crippen LogP contribution in [0, 0.1) is 6.92 Å². The minimum Gasteiger partial charge on any atom is -0.325 e. The number of rotatable bonds is 7. The Morgan fingerprint density at radius 3 is 2.35 bits per heavy atom. The Labute approximate surface area is 198 Å². The van der Waals surface area contributed by atoms with Crippen LogP contribution in [0.25, 0.3) is 0 Å². The molecule has 0 bridgehead atoms. The first-order valence-electron chi connectivity index (χ1n) is 11.2. The molecule has 1 N–H and O–H groups in total. The molecule has 0 atom stereocenters. The lowest BCUT2D eigenvalue weighted by Gasteiger charge is -2.39. The summed E-state index contributed by atoms with van der Waals surface area (Å²) in [5, 5.41) is 2.89. The molecule has 3 rings (SSSR count). The van der Waals surface area contributed by atoms with Gasteiger partial charge in [-0.2, -0.15) is 17.5 Å². The number of hydrogen-bond donors (Lipinski definition) is 1. The molecule has 0 aliphatic carbocycles. The number of carbonyl (C=O) groups is 1. The van der Waals surface area contributed by atoms with E-state index in [1.165, 1.54) is 10.4 Å². The van der Waals surface area contributed by atoms with E-state index in [4.69, 9.17) is 0 Å². The van der Waals surface area contributed by atoms with Crippen molar-refractivity contribution in [2.45, 2.75) is 56.8 Å². The van der Waals surface area contributed by atoms with Crippen molar-refractivity contribution in [1.29, 1.82) is 0 Å². The average Bonchev–Trinajstić information content (AvgIpc) is 2.76. The molecule has 2 aromatic rings. The van der Waals surface area contributed by atoms with Crippen LogP contribution in [-0.4, -0.2) is 55.2 Å². The van der Waals surface area contributed by atoms with Gasteiger partial charge in [0.1, 0.15) is 0 Å². The lowest BCUT2D eigenvalue weighted by atomic mass is 10.0. The fraction of sp³-hybridized carbons (Fsp3) is 0.458. The molecule has 1 aliphatic heterocycles. The number of sulfonamides is 1. The Kier molecular flexibility index (Phi) is 8.05. The monoisotopic (exact) mass is 497 g/mol. The van der Waals surface area contributed by atoms with E-state index in [2.05, 4.69) is 5.32 Å². The summed E-state index contributed by atoms with van der Waals surface area (Å²) in [6.07, 6.45) is -3.67. The number of alkyl halides is 3. The first kappa shape index (κ1) is 26.2. The number of aryl methyl sites for hydroxylation is 1. The number of likely N-dealkylation sites (tertiary alicyclic amines) is 1. The summed E-state index contributed by atoms with van der Waals surface area (Å²) in [5.41, 5.74) is 0.717. The summed E-state index contributed by atoms with van der Waals surface area (Å²) < 4.78 is 67.4. The Balaban J connectivity index is 1.67. The van der Waals surface area contributed by atoms with E-state index in [0.29, 0.717) is 32.0 Å². The number of para-hydroxylation sites is 1. The third kappa shape index (κ3) is 6.17. The summed E-state index contributed by atoms with van der Waals surface area (Å²) in [7, 11) is -4.13. The maximum absolute atomic E-state index is 13.3. The predicted octanol–water partition coefficient (Wildman–Crippen LogP) is 4.52. The van der Waals surface area contributed by atoms with E-state index in [-0.39, 0.29) is 23.4 Å². The van der Waals surface area contributed by atoms with Crippen molar-refractivity contribution in [2.24, 2.45) is 0 Å². The van der Waals surface area contributed by atoms with Crippen molar-refractivity contribution in [1.82, 2.24) is 9.21 Å². The van der Waals surface area contributed by atoms with E-state index in [1.54, 1.807) is 13.8 Å². The van der Waals surface area contributed by atoms with E-state index >= 15 is 0 Å². The second-order valence-electron chi connectivity index (χ2n) is 8.82. The number of piperidine rings is 1. The van der Waals surface area contributed by atoms with Gasteiger partial charge in [0.2, 0.25) is 15.9 Å². The van der Waals surface area contributed by atoms with Gasteiger partial charge in [-0.05, 0) is 63.4 Å². The Morgan fingerprint density at radius 2 is 1.76 bits per heavy atom. The molecule has 10 heteroatoms. The molecular formula is C24H30F3N3O3S. The summed E-state index contributed by atoms with van der Waals surface area (Å²) in [6.45, 7) is 6.54. The number of halogens is 3. The van der Waals surface area contributed by atoms with Crippen molar-refractivity contribution in [3.8, 4) is 0 Å². The summed E-state index contributed by atoms with van der Waals surface area (Å²) in [4.78, 5) is 14.1. The molecule has 2 aromatic carbocycles. The van der Waals surface area contributed by atoms with Crippen LogP contribution in [0.3, 0.4) is 0 Å². The third-order valence-corrected chi connectivity index (χ3v) is 8.07. The van der Waals surface area contributed by atoms with Crippen molar-refractivity contribution < 1.29 is 26.4 Å². The number of carbonyl (C=O) groups excluding carboxylic acids is 1. The topological polar surface area (TPSA) is 69.7 Å². The summed E-state index contributed by atoms with van der Waals surface area (Å²) in [6, 6.07) is 10.5. The molecule has 0 radical (unpaired) electrons. The van der Waals surface area contributed by atoms with Gasteiger partial charge in [0, 0.05) is 30.9 Å². The van der Waals surface area contributed by atoms with Crippen LogP contribution in [0.15, 0.2) is 53.4 Å². The molecular weight excluding hydrogens is 467 g/mol. The van der Waals surface area contributed by atoms with E-state index in [1.807, 2.05) is 36.1 Å². The van der Waals surface area contributed by atoms with E-state index in [9.17, 15) is 26.4 Å². The highest BCUT2D eigenvalue weighted by Crippen LogP contribution is 2.33. The van der Waals surface area contributed by atoms with Gasteiger partial charge < -0.3 is 5.32 Å². The number of benzene rings is 2. The van der Waals surface area contributed by atoms with Crippen LogP contribution >= 0.6 is 0 Å². The SMILES string of the molecule is Cc1ccccc1NC(=O)CN1CCC(N(C(C)C)S(=O)(=O)c2cccc(C(F)(F)F)c2)CC1. The summed E-state index contributed by atoms with van der Waals surface area (Å²) in [5.74, 6) is -0.148. The zero-order valence-electron chi connectivity index (χ0n) is 19.5. The number of hydrogen-bond acceptors (Lipinski definition) is 4. The Bertz CT molecular complexity index is 1110. The fourth-order valence-corrected chi connectivity index (χ4v) is 6.22. The molecule has 0 aromatic heterocycles. The van der Waals surface area contributed by atoms with Crippen molar-refractivity contribution in [3.05, 3.63) is 59.7 Å². The largest absolute Gasteiger partial charge is 0.416 e. The highest BCUT2D eigenvalue weighted by Gasteiger charge is 2.37. The Morgan fingerprint density at radius 1 is 1.12 bits per heavy atom. The normalized spacial score (nSPS) is 16.2. The van der Waals surface area contributed by atoms with Gasteiger partial charge in [0.25, 0.3) is 0 Å². The number of nitrogens with one attached hydrogen (secondary N) is 1. The van der Waals surface area contributed by atoms with Crippen molar-refractivity contribution >= 4 is 21.6 Å². The quantitative estimate of drug-likeness (QED) is 0.611. The maximum Gasteiger partial charge on any atom is 0.416 e. The van der Waals surface area contributed by atoms with Gasteiger partial charge in [-0.1, -0.05) is 24.3 Å². The van der Waals surface area contributed by atoms with Gasteiger partial charge in [-0.25, -0.2) is 8.42 Å². The van der Waals surface area contributed by atoms with Gasteiger partial charge in [-0.3, -0.25) is 9.69 Å². The van der Waals surface area contributed by atoms with Crippen LogP contribution < -0.4 is 5.32 Å². The summed E-state index contributed by atoms with van der Waals surface area (Å²) >= 11 is 0. The standard InChI is InChI=1S/C24H30F3N3O3S/c1-17(2)30(34(32,33)21-9-6-8-19(15-21)24(25,26)27)20-11-13-29(14-12-20)16-23(31)28-22-10-5-4-7-18(22)3/h4-10,15,17,20H,11-14,16H2,1-3H3,(H,28,31). The highest BCUT2D eigenvalue weighted by atomic mass is 32.2. The molecule has 1 saturated heterocycles. The average molecular weight is 498 g/mol. The second-order valence-corrected chi connectivity index (χ2v) is 10.7. The molecule has 1 fully saturated rings. The van der Waals surface area contributed by atoms with E-state index < -0.39 is 27.8 Å². The van der Waals surface area contributed by atoms with Gasteiger partial charge in [0.05, 0.1) is 17.0 Å². The zero-order chi connectivity index (χ0) is 25.1. The molecule has 6 nitrogen and oxygen atoms in total. The maximum atomic E-state index is 13.3. The zero-order valence-corrected chi connectivity index (χ0v) is 20.3. The lowest BCUT2D eigenvalue weighted by molar-refractivity contribution is -0.137. The minimum atomic E-state index is -4.63. The molecule has 0 spiro atoms. The van der Waals surface area contributed by atoms with Crippen LogP contribution in [-0.2, 0) is 21.0 Å². The fourth-order valence-electron chi connectivity index (χ4n) is 4.29. The molecule has 34 heavy (non-hydrogen) atoms. The Hall–Kier alpha value is -2.43. The van der Waals surface area contributed by atoms with Gasteiger partial charge >= 0.3 is 6.18 Å². The van der Waals surface area contributed by atoms with Crippen LogP contribution in [0.5, 0.6) is 0 Å². The van der Waals surface area contributed by atoms with Crippen LogP contribution in [0.4, 0.5) is 18.9 Å². The van der Waals surface area contributed by atoms with Gasteiger partial charge in [-0.15, -0.1) is 0 Å².